The number of nitrogens with two attached hydrogens (primary N) is 1. The number of aromatic nitrogens is 1. The van der Waals surface area contributed by atoms with Gasteiger partial charge in [-0.15, -0.1) is 11.3 Å². The summed E-state index contributed by atoms with van der Waals surface area (Å²) in [5.41, 5.74) is 5.93. The number of carbonyl (C=O) groups excluding carboxylic acids is 2. The quantitative estimate of drug-likeness (QED) is 0.881. The van der Waals surface area contributed by atoms with Crippen molar-refractivity contribution < 1.29 is 9.59 Å². The van der Waals surface area contributed by atoms with Crippen LogP contribution >= 0.6 is 11.3 Å². The molecular formula is C15H24N4O2S. The van der Waals surface area contributed by atoms with E-state index >= 15 is 0 Å². The molecule has 122 valence electrons. The minimum atomic E-state index is -0.467. The molecule has 22 heavy (non-hydrogen) atoms. The first kappa shape index (κ1) is 16.9. The molecule has 0 spiro atoms. The molecule has 2 amide bonds. The summed E-state index contributed by atoms with van der Waals surface area (Å²) in [5, 5.41) is 5.15. The molecule has 0 radical (unpaired) electrons. The minimum absolute atomic E-state index is 0.0620. The highest BCUT2D eigenvalue weighted by Gasteiger charge is 2.28. The molecule has 0 saturated carbocycles. The second-order valence-corrected chi connectivity index (χ2v) is 7.50. The summed E-state index contributed by atoms with van der Waals surface area (Å²) in [5.74, 6) is -0.0191. The fourth-order valence-electron chi connectivity index (χ4n) is 2.40. The molecule has 1 saturated heterocycles. The first-order chi connectivity index (χ1) is 10.3. The standard InChI is InChI=1S/C15H24N4O2S/c1-15(2,3)13(21)18-14-17-10(9-22-14)7-12(20)19-6-4-5-11(19)8-16/h9,11H,4-8,16H2,1-3H3,(H,17,18,21). The van der Waals surface area contributed by atoms with Crippen LogP contribution in [0.1, 0.15) is 39.3 Å². The van der Waals surface area contributed by atoms with Crippen molar-refractivity contribution in [3.05, 3.63) is 11.1 Å². The van der Waals surface area contributed by atoms with E-state index in [9.17, 15) is 9.59 Å². The zero-order valence-corrected chi connectivity index (χ0v) is 14.2. The van der Waals surface area contributed by atoms with Crippen LogP contribution in [0, 0.1) is 5.41 Å². The molecule has 1 aromatic heterocycles. The zero-order valence-electron chi connectivity index (χ0n) is 13.4. The summed E-state index contributed by atoms with van der Waals surface area (Å²) in [6.45, 7) is 6.83. The van der Waals surface area contributed by atoms with E-state index in [2.05, 4.69) is 10.3 Å². The molecule has 1 aliphatic heterocycles. The Balaban J connectivity index is 1.94. The number of likely N-dealkylation sites (tertiary alicyclic amines) is 1. The summed E-state index contributed by atoms with van der Waals surface area (Å²) in [7, 11) is 0. The summed E-state index contributed by atoms with van der Waals surface area (Å²) in [6, 6.07) is 0.159. The number of hydrogen-bond donors (Lipinski definition) is 2. The number of hydrogen-bond acceptors (Lipinski definition) is 5. The first-order valence-electron chi connectivity index (χ1n) is 7.56. The molecule has 3 N–H and O–H groups in total. The average Bonchev–Trinajstić information content (AvgIpc) is 3.06. The van der Waals surface area contributed by atoms with E-state index in [-0.39, 0.29) is 24.3 Å². The van der Waals surface area contributed by atoms with E-state index in [0.29, 0.717) is 17.4 Å². The highest BCUT2D eigenvalue weighted by Crippen LogP contribution is 2.22. The van der Waals surface area contributed by atoms with Crippen LogP contribution in [0.4, 0.5) is 5.13 Å². The Bertz CT molecular complexity index is 550. The molecule has 1 aliphatic rings. The van der Waals surface area contributed by atoms with Gasteiger partial charge in [0.05, 0.1) is 12.1 Å². The Hall–Kier alpha value is -1.47. The van der Waals surface area contributed by atoms with Gasteiger partial charge in [-0.3, -0.25) is 9.59 Å². The topological polar surface area (TPSA) is 88.3 Å². The number of rotatable bonds is 4. The van der Waals surface area contributed by atoms with E-state index in [0.717, 1.165) is 19.4 Å². The number of amides is 2. The SMILES string of the molecule is CC(C)(C)C(=O)Nc1nc(CC(=O)N2CCCC2CN)cs1. The first-order valence-corrected chi connectivity index (χ1v) is 8.44. The van der Waals surface area contributed by atoms with E-state index in [1.165, 1.54) is 11.3 Å². The van der Waals surface area contributed by atoms with Crippen LogP contribution in [-0.2, 0) is 16.0 Å². The Morgan fingerprint density at radius 1 is 1.50 bits per heavy atom. The monoisotopic (exact) mass is 324 g/mol. The second kappa shape index (κ2) is 6.75. The van der Waals surface area contributed by atoms with Crippen LogP contribution in [-0.4, -0.2) is 40.8 Å². The van der Waals surface area contributed by atoms with Gasteiger partial charge in [0, 0.05) is 29.9 Å². The smallest absolute Gasteiger partial charge is 0.231 e. The highest BCUT2D eigenvalue weighted by atomic mass is 32.1. The van der Waals surface area contributed by atoms with Crippen LogP contribution in [0.15, 0.2) is 5.38 Å². The van der Waals surface area contributed by atoms with Crippen molar-refractivity contribution in [1.29, 1.82) is 0 Å². The van der Waals surface area contributed by atoms with Gasteiger partial charge < -0.3 is 16.0 Å². The molecule has 2 heterocycles. The molecule has 0 bridgehead atoms. The van der Waals surface area contributed by atoms with Gasteiger partial charge in [-0.1, -0.05) is 20.8 Å². The number of nitrogens with one attached hydrogen (secondary N) is 1. The van der Waals surface area contributed by atoms with Gasteiger partial charge in [0.15, 0.2) is 5.13 Å². The molecule has 1 atom stereocenters. The Morgan fingerprint density at radius 2 is 2.23 bits per heavy atom. The average molecular weight is 324 g/mol. The van der Waals surface area contributed by atoms with Crippen LogP contribution in [0.2, 0.25) is 0 Å². The fourth-order valence-corrected chi connectivity index (χ4v) is 3.10. The fraction of sp³-hybridized carbons (Fsp3) is 0.667. The largest absolute Gasteiger partial charge is 0.338 e. The summed E-state index contributed by atoms with van der Waals surface area (Å²) in [4.78, 5) is 30.4. The zero-order chi connectivity index (χ0) is 16.3. The third-order valence-corrected chi connectivity index (χ3v) is 4.56. The molecule has 1 unspecified atom stereocenters. The normalized spacial score (nSPS) is 18.5. The van der Waals surface area contributed by atoms with Gasteiger partial charge in [0.25, 0.3) is 0 Å². The van der Waals surface area contributed by atoms with Crippen molar-refractivity contribution in [2.24, 2.45) is 11.1 Å². The predicted molar refractivity (Wildman–Crippen MR) is 87.7 cm³/mol. The molecular weight excluding hydrogens is 300 g/mol. The van der Waals surface area contributed by atoms with Gasteiger partial charge in [-0.2, -0.15) is 0 Å². The van der Waals surface area contributed by atoms with Crippen LogP contribution in [0.3, 0.4) is 0 Å². The van der Waals surface area contributed by atoms with Gasteiger partial charge in [0.2, 0.25) is 11.8 Å². The Kier molecular flexibility index (Phi) is 5.18. The molecule has 6 nitrogen and oxygen atoms in total. The third kappa shape index (κ3) is 4.04. The maximum Gasteiger partial charge on any atom is 0.231 e. The van der Waals surface area contributed by atoms with Gasteiger partial charge in [-0.25, -0.2) is 4.98 Å². The van der Waals surface area contributed by atoms with E-state index < -0.39 is 5.41 Å². The van der Waals surface area contributed by atoms with Crippen LogP contribution in [0.25, 0.3) is 0 Å². The lowest BCUT2D eigenvalue weighted by molar-refractivity contribution is -0.131. The van der Waals surface area contributed by atoms with Gasteiger partial charge in [0.1, 0.15) is 0 Å². The summed E-state index contributed by atoms with van der Waals surface area (Å²) >= 11 is 1.35. The molecule has 0 aromatic carbocycles. The number of anilines is 1. The Morgan fingerprint density at radius 3 is 2.86 bits per heavy atom. The molecule has 1 fully saturated rings. The van der Waals surface area contributed by atoms with Crippen molar-refractivity contribution in [3.63, 3.8) is 0 Å². The molecule has 1 aromatic rings. The van der Waals surface area contributed by atoms with Crippen LogP contribution < -0.4 is 11.1 Å². The third-order valence-electron chi connectivity index (χ3n) is 3.76. The number of thiazole rings is 1. The second-order valence-electron chi connectivity index (χ2n) is 6.64. The number of nitrogens with zero attached hydrogens (tertiary/aromatic N) is 2. The minimum Gasteiger partial charge on any atom is -0.338 e. The van der Waals surface area contributed by atoms with E-state index in [1.54, 1.807) is 0 Å². The maximum atomic E-state index is 12.3. The number of carbonyl (C=O) groups is 2. The van der Waals surface area contributed by atoms with Crippen molar-refractivity contribution in [2.45, 2.75) is 46.1 Å². The Labute approximate surface area is 135 Å². The van der Waals surface area contributed by atoms with Crippen molar-refractivity contribution in [1.82, 2.24) is 9.88 Å². The van der Waals surface area contributed by atoms with Gasteiger partial charge in [-0.05, 0) is 12.8 Å². The van der Waals surface area contributed by atoms with Crippen molar-refractivity contribution in [2.75, 3.05) is 18.4 Å². The summed E-state index contributed by atoms with van der Waals surface area (Å²) < 4.78 is 0. The molecule has 0 aliphatic carbocycles. The molecule has 2 rings (SSSR count). The van der Waals surface area contributed by atoms with Crippen molar-refractivity contribution >= 4 is 28.3 Å². The highest BCUT2D eigenvalue weighted by molar-refractivity contribution is 7.13. The van der Waals surface area contributed by atoms with Gasteiger partial charge >= 0.3 is 0 Å². The van der Waals surface area contributed by atoms with Crippen molar-refractivity contribution in [3.8, 4) is 0 Å². The predicted octanol–water partition coefficient (Wildman–Crippen LogP) is 1.62. The maximum absolute atomic E-state index is 12.3. The van der Waals surface area contributed by atoms with Crippen LogP contribution in [0.5, 0.6) is 0 Å². The lowest BCUT2D eigenvalue weighted by Gasteiger charge is -2.23. The summed E-state index contributed by atoms with van der Waals surface area (Å²) in [6.07, 6.45) is 2.25. The lowest BCUT2D eigenvalue weighted by atomic mass is 9.96. The lowest BCUT2D eigenvalue weighted by Crippen LogP contribution is -2.40. The van der Waals surface area contributed by atoms with E-state index in [1.807, 2.05) is 31.1 Å². The van der Waals surface area contributed by atoms with E-state index in [4.69, 9.17) is 5.73 Å². The molecule has 7 heteroatoms.